The van der Waals surface area contributed by atoms with E-state index in [-0.39, 0.29) is 0 Å². The quantitative estimate of drug-likeness (QED) is 0.742. The summed E-state index contributed by atoms with van der Waals surface area (Å²) in [5, 5.41) is 8.80. The Balaban J connectivity index is 2.42. The van der Waals surface area contributed by atoms with Crippen molar-refractivity contribution in [2.75, 3.05) is 19.7 Å². The van der Waals surface area contributed by atoms with Crippen molar-refractivity contribution in [3.63, 3.8) is 0 Å². The lowest BCUT2D eigenvalue weighted by molar-refractivity contribution is 0.176. The lowest BCUT2D eigenvalue weighted by Crippen LogP contribution is -2.35. The van der Waals surface area contributed by atoms with E-state index in [0.717, 1.165) is 25.3 Å². The van der Waals surface area contributed by atoms with Crippen LogP contribution in [0.1, 0.15) is 32.8 Å². The highest BCUT2D eigenvalue weighted by Crippen LogP contribution is 2.12. The topological polar surface area (TPSA) is 36.3 Å². The Bertz CT molecular complexity index is 396. The minimum atomic E-state index is 0.541. The van der Waals surface area contributed by atoms with Crippen LogP contribution >= 0.6 is 0 Å². The maximum Gasteiger partial charge on any atom is 0.120 e. The molecule has 1 rings (SSSR count). The molecule has 3 heteroatoms. The second-order valence-corrected chi connectivity index (χ2v) is 4.62. The van der Waals surface area contributed by atoms with Gasteiger partial charge in [0.15, 0.2) is 0 Å². The summed E-state index contributed by atoms with van der Waals surface area (Å²) in [5.41, 5.74) is 0.641. The van der Waals surface area contributed by atoms with Crippen LogP contribution in [0.5, 0.6) is 5.75 Å². The summed E-state index contributed by atoms with van der Waals surface area (Å²) in [6.45, 7) is 9.26. The molecule has 1 aromatic carbocycles. The summed E-state index contributed by atoms with van der Waals surface area (Å²) < 4.78 is 5.68. The summed E-state index contributed by atoms with van der Waals surface area (Å²) in [5.74, 6) is 0.772. The van der Waals surface area contributed by atoms with Gasteiger partial charge in [0.2, 0.25) is 0 Å². The lowest BCUT2D eigenvalue weighted by atomic mass is 10.2. The molecule has 18 heavy (non-hydrogen) atoms. The Morgan fingerprint density at radius 2 is 2.11 bits per heavy atom. The van der Waals surface area contributed by atoms with Gasteiger partial charge in [-0.25, -0.2) is 0 Å². The first-order valence-corrected chi connectivity index (χ1v) is 6.54. The van der Waals surface area contributed by atoms with E-state index in [2.05, 4.69) is 31.7 Å². The Morgan fingerprint density at radius 3 is 2.72 bits per heavy atom. The van der Waals surface area contributed by atoms with Gasteiger partial charge in [-0.05, 0) is 45.0 Å². The highest BCUT2D eigenvalue weighted by molar-refractivity contribution is 5.36. The fourth-order valence-corrected chi connectivity index (χ4v) is 1.85. The van der Waals surface area contributed by atoms with Gasteiger partial charge in [0.05, 0.1) is 11.6 Å². The summed E-state index contributed by atoms with van der Waals surface area (Å²) in [6.07, 6.45) is 1.15. The third-order valence-corrected chi connectivity index (χ3v) is 2.85. The molecule has 0 saturated heterocycles. The summed E-state index contributed by atoms with van der Waals surface area (Å²) >= 11 is 0. The normalized spacial score (nSPS) is 10.7. The maximum atomic E-state index is 8.80. The van der Waals surface area contributed by atoms with Crippen LogP contribution < -0.4 is 4.74 Å². The van der Waals surface area contributed by atoms with Crippen LogP contribution in [-0.4, -0.2) is 30.6 Å². The van der Waals surface area contributed by atoms with E-state index in [1.54, 1.807) is 12.1 Å². The standard InChI is InChI=1S/C15H22N2O/c1-4-8-17(13(2)3)9-10-18-15-7-5-6-14(11-15)12-16/h5-7,11,13H,4,8-10H2,1-3H3. The molecular formula is C15H22N2O. The Morgan fingerprint density at radius 1 is 1.33 bits per heavy atom. The molecule has 0 bridgehead atoms. The molecule has 0 aliphatic carbocycles. The van der Waals surface area contributed by atoms with Gasteiger partial charge < -0.3 is 4.74 Å². The van der Waals surface area contributed by atoms with Crippen molar-refractivity contribution in [1.29, 1.82) is 5.26 Å². The van der Waals surface area contributed by atoms with Crippen molar-refractivity contribution in [3.8, 4) is 11.8 Å². The number of hydrogen-bond donors (Lipinski definition) is 0. The number of hydrogen-bond acceptors (Lipinski definition) is 3. The van der Waals surface area contributed by atoms with Gasteiger partial charge in [0.1, 0.15) is 12.4 Å². The van der Waals surface area contributed by atoms with Crippen LogP contribution in [0, 0.1) is 11.3 Å². The summed E-state index contributed by atoms with van der Waals surface area (Å²) in [6, 6.07) is 9.95. The van der Waals surface area contributed by atoms with Gasteiger partial charge in [-0.1, -0.05) is 13.0 Å². The van der Waals surface area contributed by atoms with E-state index >= 15 is 0 Å². The molecule has 0 heterocycles. The van der Waals surface area contributed by atoms with Crippen LogP contribution in [-0.2, 0) is 0 Å². The molecule has 0 atom stereocenters. The van der Waals surface area contributed by atoms with Crippen LogP contribution in [0.2, 0.25) is 0 Å². The first-order valence-electron chi connectivity index (χ1n) is 6.54. The Labute approximate surface area is 110 Å². The zero-order valence-corrected chi connectivity index (χ0v) is 11.5. The molecule has 0 aromatic heterocycles. The zero-order valence-electron chi connectivity index (χ0n) is 11.5. The molecule has 1 aromatic rings. The predicted molar refractivity (Wildman–Crippen MR) is 73.7 cm³/mol. The Hall–Kier alpha value is -1.53. The number of rotatable bonds is 7. The fourth-order valence-electron chi connectivity index (χ4n) is 1.85. The van der Waals surface area contributed by atoms with Crippen molar-refractivity contribution in [2.24, 2.45) is 0 Å². The molecule has 0 spiro atoms. The van der Waals surface area contributed by atoms with Crippen LogP contribution in [0.25, 0.3) is 0 Å². The van der Waals surface area contributed by atoms with E-state index in [1.807, 2.05) is 12.1 Å². The molecule has 0 unspecified atom stereocenters. The minimum Gasteiger partial charge on any atom is -0.492 e. The van der Waals surface area contributed by atoms with Gasteiger partial charge in [-0.2, -0.15) is 5.26 Å². The molecule has 0 N–H and O–H groups in total. The number of ether oxygens (including phenoxy) is 1. The van der Waals surface area contributed by atoms with E-state index in [1.165, 1.54) is 0 Å². The first-order chi connectivity index (χ1) is 8.67. The molecule has 98 valence electrons. The van der Waals surface area contributed by atoms with Gasteiger partial charge in [-0.3, -0.25) is 4.90 Å². The van der Waals surface area contributed by atoms with Crippen molar-refractivity contribution >= 4 is 0 Å². The smallest absolute Gasteiger partial charge is 0.120 e. The third kappa shape index (κ3) is 4.77. The van der Waals surface area contributed by atoms with E-state index in [0.29, 0.717) is 18.2 Å². The van der Waals surface area contributed by atoms with E-state index in [9.17, 15) is 0 Å². The molecule has 0 saturated carbocycles. The largest absolute Gasteiger partial charge is 0.492 e. The van der Waals surface area contributed by atoms with Crippen molar-refractivity contribution < 1.29 is 4.74 Å². The average Bonchev–Trinajstić information content (AvgIpc) is 2.38. The number of benzene rings is 1. The molecule has 3 nitrogen and oxygen atoms in total. The average molecular weight is 246 g/mol. The summed E-state index contributed by atoms with van der Waals surface area (Å²) in [4.78, 5) is 2.40. The molecule has 0 aliphatic heterocycles. The number of nitriles is 1. The van der Waals surface area contributed by atoms with Gasteiger partial charge >= 0.3 is 0 Å². The van der Waals surface area contributed by atoms with Crippen molar-refractivity contribution in [1.82, 2.24) is 4.90 Å². The van der Waals surface area contributed by atoms with Crippen LogP contribution in [0.4, 0.5) is 0 Å². The lowest BCUT2D eigenvalue weighted by Gasteiger charge is -2.25. The van der Waals surface area contributed by atoms with Crippen molar-refractivity contribution in [3.05, 3.63) is 29.8 Å². The SMILES string of the molecule is CCCN(CCOc1cccc(C#N)c1)C(C)C. The molecule has 0 aliphatic rings. The van der Waals surface area contributed by atoms with Crippen molar-refractivity contribution in [2.45, 2.75) is 33.2 Å². The van der Waals surface area contributed by atoms with E-state index < -0.39 is 0 Å². The fraction of sp³-hybridized carbons (Fsp3) is 0.533. The highest BCUT2D eigenvalue weighted by atomic mass is 16.5. The molecule has 0 fully saturated rings. The first kappa shape index (κ1) is 14.5. The zero-order chi connectivity index (χ0) is 13.4. The van der Waals surface area contributed by atoms with Crippen LogP contribution in [0.3, 0.4) is 0 Å². The van der Waals surface area contributed by atoms with Gasteiger partial charge in [-0.15, -0.1) is 0 Å². The minimum absolute atomic E-state index is 0.541. The van der Waals surface area contributed by atoms with E-state index in [4.69, 9.17) is 10.00 Å². The second-order valence-electron chi connectivity index (χ2n) is 4.62. The third-order valence-electron chi connectivity index (χ3n) is 2.85. The maximum absolute atomic E-state index is 8.80. The molecule has 0 radical (unpaired) electrons. The highest BCUT2D eigenvalue weighted by Gasteiger charge is 2.07. The Kier molecular flexibility index (Phi) is 6.24. The summed E-state index contributed by atoms with van der Waals surface area (Å²) in [7, 11) is 0. The second kappa shape index (κ2) is 7.73. The van der Waals surface area contributed by atoms with Gasteiger partial charge in [0.25, 0.3) is 0 Å². The molecular weight excluding hydrogens is 224 g/mol. The number of nitrogens with zero attached hydrogens (tertiary/aromatic N) is 2. The molecule has 0 amide bonds. The van der Waals surface area contributed by atoms with Crippen LogP contribution in [0.15, 0.2) is 24.3 Å². The predicted octanol–water partition coefficient (Wildman–Crippen LogP) is 3.06. The monoisotopic (exact) mass is 246 g/mol. The van der Waals surface area contributed by atoms with Gasteiger partial charge in [0, 0.05) is 12.6 Å².